The van der Waals surface area contributed by atoms with Gasteiger partial charge in [-0.1, -0.05) is 13.3 Å². The van der Waals surface area contributed by atoms with Crippen molar-refractivity contribution in [3.05, 3.63) is 0 Å². The van der Waals surface area contributed by atoms with Gasteiger partial charge < -0.3 is 4.90 Å². The van der Waals surface area contributed by atoms with E-state index in [9.17, 15) is 0 Å². The topological polar surface area (TPSA) is 15.6 Å². The van der Waals surface area contributed by atoms with E-state index in [1.807, 2.05) is 6.21 Å². The highest BCUT2D eigenvalue weighted by Crippen LogP contribution is 1.97. The highest BCUT2D eigenvalue weighted by Gasteiger charge is 2.01. The molecule has 0 saturated heterocycles. The minimum Gasteiger partial charge on any atom is -0.307 e. The molecule has 2 heteroatoms. The van der Waals surface area contributed by atoms with E-state index in [1.165, 1.54) is 6.42 Å². The zero-order valence-electron chi connectivity index (χ0n) is 8.88. The van der Waals surface area contributed by atoms with Crippen LogP contribution in [0.3, 0.4) is 0 Å². The van der Waals surface area contributed by atoms with Crippen molar-refractivity contribution in [3.8, 4) is 0 Å². The molecule has 0 fully saturated rings. The van der Waals surface area contributed by atoms with E-state index < -0.39 is 0 Å². The predicted molar refractivity (Wildman–Crippen MR) is 56.0 cm³/mol. The van der Waals surface area contributed by atoms with E-state index in [0.29, 0.717) is 6.04 Å². The quantitative estimate of drug-likeness (QED) is 0.558. The average Bonchev–Trinajstić information content (AvgIpc) is 2.03. The van der Waals surface area contributed by atoms with Gasteiger partial charge >= 0.3 is 0 Å². The summed E-state index contributed by atoms with van der Waals surface area (Å²) in [6, 6.07) is 0.642. The average molecular weight is 170 g/mol. The van der Waals surface area contributed by atoms with E-state index in [-0.39, 0.29) is 0 Å². The lowest BCUT2D eigenvalue weighted by molar-refractivity contribution is 0.302. The zero-order chi connectivity index (χ0) is 9.40. The van der Waals surface area contributed by atoms with Crippen molar-refractivity contribution < 1.29 is 0 Å². The summed E-state index contributed by atoms with van der Waals surface area (Å²) in [7, 11) is 4.22. The van der Waals surface area contributed by atoms with Crippen molar-refractivity contribution in [3.63, 3.8) is 0 Å². The monoisotopic (exact) mass is 170 g/mol. The minimum absolute atomic E-state index is 0.642. The van der Waals surface area contributed by atoms with Crippen molar-refractivity contribution in [2.75, 3.05) is 20.6 Å². The number of unbranched alkanes of at least 4 members (excludes halogenated alkanes) is 1. The van der Waals surface area contributed by atoms with Crippen molar-refractivity contribution in [1.82, 2.24) is 4.90 Å². The van der Waals surface area contributed by atoms with Crippen LogP contribution in [0.25, 0.3) is 0 Å². The first kappa shape index (κ1) is 11.6. The molecule has 1 unspecified atom stereocenters. The molecule has 0 aromatic carbocycles. The van der Waals surface area contributed by atoms with Crippen LogP contribution in [0.4, 0.5) is 0 Å². The van der Waals surface area contributed by atoms with Gasteiger partial charge in [0, 0.05) is 12.6 Å². The summed E-state index contributed by atoms with van der Waals surface area (Å²) in [6.07, 6.45) is 5.53. The third kappa shape index (κ3) is 6.35. The molecule has 1 atom stereocenters. The summed E-state index contributed by atoms with van der Waals surface area (Å²) >= 11 is 0. The molecule has 2 nitrogen and oxygen atoms in total. The smallest absolute Gasteiger partial charge is 0.0400 e. The number of hydrogen-bond acceptors (Lipinski definition) is 2. The fraction of sp³-hybridized carbons (Fsp3) is 0.900. The van der Waals surface area contributed by atoms with Gasteiger partial charge in [0.05, 0.1) is 0 Å². The maximum atomic E-state index is 4.33. The summed E-state index contributed by atoms with van der Waals surface area (Å²) in [5.74, 6) is 0. The highest BCUT2D eigenvalue weighted by molar-refractivity contribution is 5.56. The first-order valence-corrected chi connectivity index (χ1v) is 4.83. The Labute approximate surface area is 76.7 Å². The number of nitrogens with zero attached hydrogens (tertiary/aromatic N) is 2. The second kappa shape index (κ2) is 7.29. The van der Waals surface area contributed by atoms with Crippen LogP contribution in [0.1, 0.15) is 33.1 Å². The molecular weight excluding hydrogens is 148 g/mol. The minimum atomic E-state index is 0.642. The fourth-order valence-electron chi connectivity index (χ4n) is 0.831. The Morgan fingerprint density at radius 3 is 2.58 bits per heavy atom. The Morgan fingerprint density at radius 2 is 2.08 bits per heavy atom. The molecule has 0 aliphatic heterocycles. The number of rotatable bonds is 6. The molecule has 0 heterocycles. The van der Waals surface area contributed by atoms with E-state index in [0.717, 1.165) is 19.4 Å². The van der Waals surface area contributed by atoms with Gasteiger partial charge in [-0.05, 0) is 40.1 Å². The normalized spacial score (nSPS) is 14.4. The zero-order valence-corrected chi connectivity index (χ0v) is 8.88. The first-order chi connectivity index (χ1) is 5.68. The fourth-order valence-corrected chi connectivity index (χ4v) is 0.831. The molecule has 0 aromatic rings. The van der Waals surface area contributed by atoms with Gasteiger partial charge in [-0.2, -0.15) is 0 Å². The number of aliphatic imine (C=N–C) groups is 1. The van der Waals surface area contributed by atoms with Gasteiger partial charge in [-0.3, -0.25) is 4.99 Å². The lowest BCUT2D eigenvalue weighted by Gasteiger charge is -2.18. The Kier molecular flexibility index (Phi) is 7.06. The Bertz CT molecular complexity index is 119. The largest absolute Gasteiger partial charge is 0.307 e. The van der Waals surface area contributed by atoms with Crippen LogP contribution < -0.4 is 0 Å². The lowest BCUT2D eigenvalue weighted by atomic mass is 10.2. The first-order valence-electron chi connectivity index (χ1n) is 4.83. The van der Waals surface area contributed by atoms with Gasteiger partial charge in [0.15, 0.2) is 0 Å². The van der Waals surface area contributed by atoms with E-state index in [1.54, 1.807) is 0 Å². The van der Waals surface area contributed by atoms with Crippen molar-refractivity contribution in [2.24, 2.45) is 4.99 Å². The summed E-state index contributed by atoms with van der Waals surface area (Å²) in [6.45, 7) is 5.38. The molecule has 0 spiro atoms. The highest BCUT2D eigenvalue weighted by atomic mass is 15.1. The Morgan fingerprint density at radius 1 is 1.42 bits per heavy atom. The van der Waals surface area contributed by atoms with Crippen LogP contribution in [0.15, 0.2) is 4.99 Å². The molecule has 72 valence electrons. The maximum Gasteiger partial charge on any atom is 0.0400 e. The van der Waals surface area contributed by atoms with Crippen LogP contribution in [0.5, 0.6) is 0 Å². The molecule has 0 N–H and O–H groups in total. The molecule has 0 bridgehead atoms. The van der Waals surface area contributed by atoms with Crippen molar-refractivity contribution in [1.29, 1.82) is 0 Å². The second-order valence-electron chi connectivity index (χ2n) is 3.48. The molecule has 0 aliphatic rings. The van der Waals surface area contributed by atoms with Crippen LogP contribution in [0.2, 0.25) is 0 Å². The second-order valence-corrected chi connectivity index (χ2v) is 3.48. The van der Waals surface area contributed by atoms with Gasteiger partial charge in [-0.25, -0.2) is 0 Å². The van der Waals surface area contributed by atoms with E-state index in [4.69, 9.17) is 0 Å². The van der Waals surface area contributed by atoms with Gasteiger partial charge in [0.1, 0.15) is 0 Å². The molecule has 0 aromatic heterocycles. The standard InChI is InChI=1S/C10H22N2/c1-5-6-8-11-9-7-10(2)12(3)4/h8,10H,5-7,9H2,1-4H3. The molecular formula is C10H22N2. The molecule has 0 saturated carbocycles. The van der Waals surface area contributed by atoms with Gasteiger partial charge in [0.25, 0.3) is 0 Å². The summed E-state index contributed by atoms with van der Waals surface area (Å²) in [5, 5.41) is 0. The molecule has 0 radical (unpaired) electrons. The molecule has 0 amide bonds. The van der Waals surface area contributed by atoms with E-state index >= 15 is 0 Å². The van der Waals surface area contributed by atoms with Crippen molar-refractivity contribution in [2.45, 2.75) is 39.2 Å². The predicted octanol–water partition coefficient (Wildman–Crippen LogP) is 2.20. The summed E-state index contributed by atoms with van der Waals surface area (Å²) in [5.41, 5.74) is 0. The number of hydrogen-bond donors (Lipinski definition) is 0. The molecule has 0 rings (SSSR count). The third-order valence-corrected chi connectivity index (χ3v) is 2.10. The molecule has 12 heavy (non-hydrogen) atoms. The van der Waals surface area contributed by atoms with Crippen LogP contribution in [0, 0.1) is 0 Å². The Balaban J connectivity index is 3.30. The van der Waals surface area contributed by atoms with E-state index in [2.05, 4.69) is 37.8 Å². The van der Waals surface area contributed by atoms with Gasteiger partial charge in [0.2, 0.25) is 0 Å². The SMILES string of the molecule is CCCC=NCCC(C)N(C)C. The lowest BCUT2D eigenvalue weighted by Crippen LogP contribution is -2.25. The van der Waals surface area contributed by atoms with Crippen LogP contribution >= 0.6 is 0 Å². The summed E-state index contributed by atoms with van der Waals surface area (Å²) in [4.78, 5) is 6.56. The van der Waals surface area contributed by atoms with Crippen LogP contribution in [-0.2, 0) is 0 Å². The Hall–Kier alpha value is -0.370. The third-order valence-electron chi connectivity index (χ3n) is 2.10. The van der Waals surface area contributed by atoms with Crippen LogP contribution in [-0.4, -0.2) is 37.8 Å². The summed E-state index contributed by atoms with van der Waals surface area (Å²) < 4.78 is 0. The van der Waals surface area contributed by atoms with Crippen molar-refractivity contribution >= 4 is 6.21 Å². The van der Waals surface area contributed by atoms with Gasteiger partial charge in [-0.15, -0.1) is 0 Å². The molecule has 0 aliphatic carbocycles. The maximum absolute atomic E-state index is 4.33.